The summed E-state index contributed by atoms with van der Waals surface area (Å²) in [5.74, 6) is 0.131. The Bertz CT molecular complexity index is 1410. The smallest absolute Gasteiger partial charge is 0.294 e. The molecule has 0 bridgehead atoms. The molecule has 1 N–H and O–H groups in total. The van der Waals surface area contributed by atoms with Gasteiger partial charge in [0.15, 0.2) is 11.5 Å². The summed E-state index contributed by atoms with van der Waals surface area (Å²) in [6, 6.07) is 17.3. The minimum absolute atomic E-state index is 0.236. The molecule has 0 radical (unpaired) electrons. The molecule has 3 aromatic carbocycles. The van der Waals surface area contributed by atoms with Crippen LogP contribution in [-0.2, 0) is 16.2 Å². The SMILES string of the molecule is COc1cc(/C=C2\SC(=O)N(CC(=O)Nc3c(C)cc(C)cc3C)C2=O)ccc1OCc1ccc(I)cc1. The van der Waals surface area contributed by atoms with E-state index in [4.69, 9.17) is 9.47 Å². The molecule has 9 heteroatoms. The van der Waals surface area contributed by atoms with Crippen LogP contribution in [0, 0.1) is 24.3 Å². The van der Waals surface area contributed by atoms with E-state index < -0.39 is 17.1 Å². The maximum atomic E-state index is 13.0. The molecule has 1 saturated heterocycles. The molecule has 3 aromatic rings. The van der Waals surface area contributed by atoms with Crippen LogP contribution >= 0.6 is 34.4 Å². The molecule has 1 aliphatic rings. The van der Waals surface area contributed by atoms with Gasteiger partial charge in [0.1, 0.15) is 13.2 Å². The molecule has 0 spiro atoms. The molecule has 0 aromatic heterocycles. The molecule has 3 amide bonds. The van der Waals surface area contributed by atoms with Crippen LogP contribution in [0.1, 0.15) is 27.8 Å². The average molecular weight is 643 g/mol. The van der Waals surface area contributed by atoms with Gasteiger partial charge in [-0.1, -0.05) is 35.9 Å². The monoisotopic (exact) mass is 642 g/mol. The Kier molecular flexibility index (Phi) is 8.78. The lowest BCUT2D eigenvalue weighted by molar-refractivity contribution is -0.127. The summed E-state index contributed by atoms with van der Waals surface area (Å²) in [4.78, 5) is 39.4. The topological polar surface area (TPSA) is 84.9 Å². The Morgan fingerprint density at radius 3 is 2.34 bits per heavy atom. The van der Waals surface area contributed by atoms with E-state index in [0.29, 0.717) is 29.4 Å². The zero-order valence-corrected chi connectivity index (χ0v) is 24.4. The number of methoxy groups -OCH3 is 1. The fraction of sp³-hybridized carbons (Fsp3) is 0.207. The van der Waals surface area contributed by atoms with Crippen LogP contribution in [0.5, 0.6) is 11.5 Å². The number of ether oxygens (including phenoxy) is 2. The molecule has 4 rings (SSSR count). The number of amides is 3. The van der Waals surface area contributed by atoms with Crippen molar-refractivity contribution in [3.8, 4) is 11.5 Å². The molecular formula is C29H27IN2O5S. The van der Waals surface area contributed by atoms with Crippen molar-refractivity contribution < 1.29 is 23.9 Å². The maximum Gasteiger partial charge on any atom is 0.294 e. The summed E-state index contributed by atoms with van der Waals surface area (Å²) in [5.41, 5.74) is 5.33. The number of nitrogens with zero attached hydrogens (tertiary/aromatic N) is 1. The van der Waals surface area contributed by atoms with Crippen molar-refractivity contribution in [1.29, 1.82) is 0 Å². The summed E-state index contributed by atoms with van der Waals surface area (Å²) in [6.07, 6.45) is 1.61. The van der Waals surface area contributed by atoms with Gasteiger partial charge in [0, 0.05) is 9.26 Å². The third-order valence-corrected chi connectivity index (χ3v) is 7.54. The first-order chi connectivity index (χ1) is 18.1. The molecule has 0 saturated carbocycles. The second kappa shape index (κ2) is 12.0. The molecule has 1 heterocycles. The quantitative estimate of drug-likeness (QED) is 0.224. The van der Waals surface area contributed by atoms with Gasteiger partial charge in [-0.2, -0.15) is 0 Å². The molecule has 1 fully saturated rings. The Hall–Kier alpha value is -3.31. The van der Waals surface area contributed by atoms with Crippen LogP contribution in [0.2, 0.25) is 0 Å². The number of rotatable bonds is 8. The van der Waals surface area contributed by atoms with Crippen LogP contribution in [-0.4, -0.2) is 35.6 Å². The Labute approximate surface area is 239 Å². The van der Waals surface area contributed by atoms with Crippen LogP contribution in [0.4, 0.5) is 10.5 Å². The van der Waals surface area contributed by atoms with Crippen LogP contribution in [0.3, 0.4) is 0 Å². The van der Waals surface area contributed by atoms with Crippen molar-refractivity contribution in [2.45, 2.75) is 27.4 Å². The first-order valence-electron chi connectivity index (χ1n) is 11.8. The lowest BCUT2D eigenvalue weighted by atomic mass is 10.1. The lowest BCUT2D eigenvalue weighted by Crippen LogP contribution is -2.36. The lowest BCUT2D eigenvalue weighted by Gasteiger charge is -2.16. The van der Waals surface area contributed by atoms with Gasteiger partial charge in [0.2, 0.25) is 5.91 Å². The standard InChI is InChI=1S/C29H27IN2O5S/c1-17-11-18(2)27(19(3)12-17)31-26(33)15-32-28(34)25(38-29(32)35)14-21-7-10-23(24(13-21)36-4)37-16-20-5-8-22(30)9-6-20/h5-14H,15-16H2,1-4H3,(H,31,33)/b25-14-. The van der Waals surface area contributed by atoms with Crippen LogP contribution in [0.15, 0.2) is 59.5 Å². The van der Waals surface area contributed by atoms with Gasteiger partial charge in [-0.05, 0) is 108 Å². The Balaban J connectivity index is 1.43. The second-order valence-corrected chi connectivity index (χ2v) is 11.2. The van der Waals surface area contributed by atoms with Crippen molar-refractivity contribution in [3.63, 3.8) is 0 Å². The average Bonchev–Trinajstić information content (AvgIpc) is 3.13. The predicted molar refractivity (Wildman–Crippen MR) is 158 cm³/mol. The molecule has 0 atom stereocenters. The number of carbonyl (C=O) groups is 3. The highest BCUT2D eigenvalue weighted by atomic mass is 127. The zero-order chi connectivity index (χ0) is 27.4. The van der Waals surface area contributed by atoms with Crippen LogP contribution in [0.25, 0.3) is 6.08 Å². The minimum atomic E-state index is -0.509. The number of carbonyl (C=O) groups excluding carboxylic acids is 3. The number of halogens is 1. The van der Waals surface area contributed by atoms with E-state index in [0.717, 1.165) is 42.5 Å². The summed E-state index contributed by atoms with van der Waals surface area (Å²) < 4.78 is 12.6. The Morgan fingerprint density at radius 1 is 1.00 bits per heavy atom. The number of hydrogen-bond acceptors (Lipinski definition) is 6. The number of hydrogen-bond donors (Lipinski definition) is 1. The molecule has 0 unspecified atom stereocenters. The highest BCUT2D eigenvalue weighted by Gasteiger charge is 2.36. The normalized spacial score (nSPS) is 14.2. The van der Waals surface area contributed by atoms with E-state index in [-0.39, 0.29) is 11.4 Å². The largest absolute Gasteiger partial charge is 0.493 e. The molecular weight excluding hydrogens is 615 g/mol. The molecule has 196 valence electrons. The minimum Gasteiger partial charge on any atom is -0.493 e. The van der Waals surface area contributed by atoms with Gasteiger partial charge >= 0.3 is 0 Å². The van der Waals surface area contributed by atoms with Gasteiger partial charge in [-0.15, -0.1) is 0 Å². The summed E-state index contributed by atoms with van der Waals surface area (Å²) in [6.45, 7) is 5.83. The van der Waals surface area contributed by atoms with E-state index in [1.165, 1.54) is 0 Å². The van der Waals surface area contributed by atoms with E-state index in [9.17, 15) is 14.4 Å². The van der Waals surface area contributed by atoms with Gasteiger partial charge in [-0.3, -0.25) is 19.3 Å². The van der Waals surface area contributed by atoms with Gasteiger partial charge in [0.25, 0.3) is 11.1 Å². The summed E-state index contributed by atoms with van der Waals surface area (Å²) >= 11 is 3.06. The number of benzene rings is 3. The van der Waals surface area contributed by atoms with Crippen molar-refractivity contribution >= 4 is 63.2 Å². The van der Waals surface area contributed by atoms with Gasteiger partial charge in [-0.25, -0.2) is 0 Å². The first kappa shape index (κ1) is 27.7. The summed E-state index contributed by atoms with van der Waals surface area (Å²) in [7, 11) is 1.54. The second-order valence-electron chi connectivity index (χ2n) is 8.92. The third-order valence-electron chi connectivity index (χ3n) is 5.91. The first-order valence-corrected chi connectivity index (χ1v) is 13.7. The molecule has 7 nitrogen and oxygen atoms in total. The van der Waals surface area contributed by atoms with E-state index >= 15 is 0 Å². The summed E-state index contributed by atoms with van der Waals surface area (Å²) in [5, 5.41) is 2.35. The number of anilines is 1. The van der Waals surface area contributed by atoms with Crippen LogP contribution < -0.4 is 14.8 Å². The van der Waals surface area contributed by atoms with Crippen molar-refractivity contribution in [2.24, 2.45) is 0 Å². The number of aryl methyl sites for hydroxylation is 3. The van der Waals surface area contributed by atoms with E-state index in [2.05, 4.69) is 27.9 Å². The highest BCUT2D eigenvalue weighted by molar-refractivity contribution is 14.1. The number of imide groups is 1. The maximum absolute atomic E-state index is 13.0. The van der Waals surface area contributed by atoms with E-state index in [1.807, 2.05) is 57.2 Å². The predicted octanol–water partition coefficient (Wildman–Crippen LogP) is 6.48. The third kappa shape index (κ3) is 6.57. The molecule has 0 aliphatic carbocycles. The fourth-order valence-corrected chi connectivity index (χ4v) is 5.32. The fourth-order valence-electron chi connectivity index (χ4n) is 4.12. The van der Waals surface area contributed by atoms with E-state index in [1.54, 1.807) is 31.4 Å². The molecule has 38 heavy (non-hydrogen) atoms. The highest BCUT2D eigenvalue weighted by Crippen LogP contribution is 2.35. The van der Waals surface area contributed by atoms with Crippen molar-refractivity contribution in [1.82, 2.24) is 4.90 Å². The molecule has 1 aliphatic heterocycles. The van der Waals surface area contributed by atoms with Gasteiger partial charge in [0.05, 0.1) is 12.0 Å². The van der Waals surface area contributed by atoms with Gasteiger partial charge < -0.3 is 14.8 Å². The zero-order valence-electron chi connectivity index (χ0n) is 21.5. The Morgan fingerprint density at radius 2 is 1.68 bits per heavy atom. The van der Waals surface area contributed by atoms with Crippen molar-refractivity contribution in [2.75, 3.05) is 19.0 Å². The number of thioether (sulfide) groups is 1. The number of nitrogens with one attached hydrogen (secondary N) is 1. The van der Waals surface area contributed by atoms with Crippen molar-refractivity contribution in [3.05, 3.63) is 90.9 Å².